The summed E-state index contributed by atoms with van der Waals surface area (Å²) in [5.74, 6) is -4.47. The quantitative estimate of drug-likeness (QED) is 0.122. The van der Waals surface area contributed by atoms with Gasteiger partial charge in [0.05, 0.1) is 11.1 Å². The van der Waals surface area contributed by atoms with Crippen LogP contribution in [-0.2, 0) is 12.5 Å². The van der Waals surface area contributed by atoms with Crippen LogP contribution in [0.15, 0.2) is 109 Å². The summed E-state index contributed by atoms with van der Waals surface area (Å²) in [6.07, 6.45) is 1.67. The summed E-state index contributed by atoms with van der Waals surface area (Å²) < 4.78 is 93.6. The third-order valence-electron chi connectivity index (χ3n) is 7.27. The number of rotatable bonds is 9. The number of benzene rings is 5. The summed E-state index contributed by atoms with van der Waals surface area (Å²) >= 11 is 0. The van der Waals surface area contributed by atoms with Gasteiger partial charge in [0.2, 0.25) is 0 Å². The van der Waals surface area contributed by atoms with E-state index in [0.29, 0.717) is 11.6 Å². The van der Waals surface area contributed by atoms with Gasteiger partial charge in [-0.25, -0.2) is 17.6 Å². The van der Waals surface area contributed by atoms with Gasteiger partial charge in [-0.05, 0) is 90.0 Å². The summed E-state index contributed by atoms with van der Waals surface area (Å²) in [7, 11) is 0. The van der Waals surface area contributed by atoms with Crippen LogP contribution in [0.25, 0.3) is 33.4 Å². The standard InChI is InChI=1S/C37H25F6NO/c1-2-3-4-5-23-6-8-24(9-7-23)25-12-15-30(34(39)18-25)27-13-17-32(36(41)20-27)37(42,43)45-29-14-16-31(35(40)21-29)26-10-11-28(22-44)33(38)19-26/h2-3,6-21H,4-5H2,1H3. The summed E-state index contributed by atoms with van der Waals surface area (Å²) in [6.45, 7) is 1.96. The molecule has 0 N–H and O–H groups in total. The van der Waals surface area contributed by atoms with Gasteiger partial charge in [0, 0.05) is 17.2 Å². The van der Waals surface area contributed by atoms with Gasteiger partial charge in [-0.15, -0.1) is 0 Å². The van der Waals surface area contributed by atoms with Crippen LogP contribution < -0.4 is 4.74 Å². The van der Waals surface area contributed by atoms with Crippen LogP contribution in [0.5, 0.6) is 5.75 Å². The maximum atomic E-state index is 15.1. The van der Waals surface area contributed by atoms with Crippen molar-refractivity contribution in [3.63, 3.8) is 0 Å². The number of hydrogen-bond donors (Lipinski definition) is 0. The highest BCUT2D eigenvalue weighted by atomic mass is 19.3. The van der Waals surface area contributed by atoms with Crippen molar-refractivity contribution in [2.24, 2.45) is 0 Å². The summed E-state index contributed by atoms with van der Waals surface area (Å²) in [5, 5.41) is 8.86. The highest BCUT2D eigenvalue weighted by Gasteiger charge is 2.38. The van der Waals surface area contributed by atoms with E-state index in [4.69, 9.17) is 5.26 Å². The smallest absolute Gasteiger partial charge is 0.429 e. The van der Waals surface area contributed by atoms with E-state index in [1.807, 2.05) is 37.3 Å². The first-order chi connectivity index (χ1) is 21.6. The maximum absolute atomic E-state index is 15.1. The zero-order chi connectivity index (χ0) is 32.1. The summed E-state index contributed by atoms with van der Waals surface area (Å²) in [4.78, 5) is 0. The number of allylic oxidation sites excluding steroid dienone is 2. The van der Waals surface area contributed by atoms with Gasteiger partial charge < -0.3 is 4.74 Å². The number of alkyl halides is 2. The Morgan fingerprint density at radius 3 is 1.84 bits per heavy atom. The number of nitriles is 1. The van der Waals surface area contributed by atoms with Crippen molar-refractivity contribution in [3.05, 3.63) is 149 Å². The molecule has 0 bridgehead atoms. The van der Waals surface area contributed by atoms with E-state index in [0.717, 1.165) is 60.4 Å². The zero-order valence-electron chi connectivity index (χ0n) is 23.9. The van der Waals surface area contributed by atoms with E-state index in [1.165, 1.54) is 24.3 Å². The Balaban J connectivity index is 1.32. The molecule has 226 valence electrons. The van der Waals surface area contributed by atoms with E-state index >= 15 is 17.6 Å². The Hall–Kier alpha value is -5.29. The lowest BCUT2D eigenvalue weighted by molar-refractivity contribution is -0.187. The van der Waals surface area contributed by atoms with Crippen molar-refractivity contribution < 1.29 is 31.1 Å². The Bertz CT molecular complexity index is 1930. The molecular formula is C37H25F6NO. The van der Waals surface area contributed by atoms with Crippen LogP contribution in [0.2, 0.25) is 0 Å². The predicted octanol–water partition coefficient (Wildman–Crippen LogP) is 10.8. The van der Waals surface area contributed by atoms with Gasteiger partial charge >= 0.3 is 6.11 Å². The van der Waals surface area contributed by atoms with E-state index < -0.39 is 40.7 Å². The molecule has 0 amide bonds. The third-order valence-corrected chi connectivity index (χ3v) is 7.27. The average molecular weight is 614 g/mol. The normalized spacial score (nSPS) is 11.5. The predicted molar refractivity (Wildman–Crippen MR) is 161 cm³/mol. The Morgan fingerprint density at radius 1 is 0.667 bits per heavy atom. The van der Waals surface area contributed by atoms with Crippen LogP contribution >= 0.6 is 0 Å². The lowest BCUT2D eigenvalue weighted by Crippen LogP contribution is -2.23. The lowest BCUT2D eigenvalue weighted by atomic mass is 9.97. The minimum absolute atomic E-state index is 0.0216. The van der Waals surface area contributed by atoms with Crippen LogP contribution in [-0.4, -0.2) is 0 Å². The van der Waals surface area contributed by atoms with Gasteiger partial charge in [-0.3, -0.25) is 0 Å². The van der Waals surface area contributed by atoms with E-state index in [2.05, 4.69) is 10.8 Å². The molecule has 5 rings (SSSR count). The van der Waals surface area contributed by atoms with E-state index in [9.17, 15) is 8.78 Å². The first-order valence-electron chi connectivity index (χ1n) is 14.0. The second-order valence-corrected chi connectivity index (χ2v) is 10.3. The highest BCUT2D eigenvalue weighted by Crippen LogP contribution is 2.37. The number of nitrogens with zero attached hydrogens (tertiary/aromatic N) is 1. The molecule has 2 nitrogen and oxygen atoms in total. The SMILES string of the molecule is CC=CCCc1ccc(-c2ccc(-c3ccc(C(F)(F)Oc4ccc(-c5ccc(C#N)c(F)c5)c(F)c4)c(F)c3)c(F)c2)cc1. The molecule has 5 aromatic rings. The molecule has 0 aromatic heterocycles. The fourth-order valence-electron chi connectivity index (χ4n) is 4.90. The summed E-state index contributed by atoms with van der Waals surface area (Å²) in [5.41, 5.74) is 1.21. The molecule has 0 aliphatic heterocycles. The summed E-state index contributed by atoms with van der Waals surface area (Å²) in [6, 6.07) is 22.8. The van der Waals surface area contributed by atoms with Crippen LogP contribution in [0, 0.1) is 34.6 Å². The largest absolute Gasteiger partial charge is 0.429 e. The first kappa shape index (κ1) is 31.1. The molecule has 0 spiro atoms. The minimum atomic E-state index is -4.21. The molecule has 0 saturated carbocycles. The van der Waals surface area contributed by atoms with Crippen molar-refractivity contribution >= 4 is 0 Å². The molecule has 0 unspecified atom stereocenters. The molecule has 0 aliphatic rings. The number of ether oxygens (including phenoxy) is 1. The van der Waals surface area contributed by atoms with Crippen molar-refractivity contribution in [2.45, 2.75) is 25.9 Å². The molecule has 0 fully saturated rings. The molecule has 0 saturated heterocycles. The Kier molecular flexibility index (Phi) is 9.10. The average Bonchev–Trinajstić information content (AvgIpc) is 3.01. The minimum Gasteiger partial charge on any atom is -0.429 e. The molecule has 0 aliphatic carbocycles. The lowest BCUT2D eigenvalue weighted by Gasteiger charge is -2.20. The highest BCUT2D eigenvalue weighted by molar-refractivity contribution is 5.71. The van der Waals surface area contributed by atoms with Crippen molar-refractivity contribution in [1.82, 2.24) is 0 Å². The van der Waals surface area contributed by atoms with Crippen molar-refractivity contribution in [2.75, 3.05) is 0 Å². The fourth-order valence-corrected chi connectivity index (χ4v) is 4.90. The van der Waals surface area contributed by atoms with Crippen LogP contribution in [0.3, 0.4) is 0 Å². The van der Waals surface area contributed by atoms with E-state index in [-0.39, 0.29) is 27.8 Å². The van der Waals surface area contributed by atoms with E-state index in [1.54, 1.807) is 12.1 Å². The Labute approximate surface area is 256 Å². The second-order valence-electron chi connectivity index (χ2n) is 10.3. The van der Waals surface area contributed by atoms with Gasteiger partial charge in [0.1, 0.15) is 35.1 Å². The topological polar surface area (TPSA) is 33.0 Å². The van der Waals surface area contributed by atoms with Crippen LogP contribution in [0.4, 0.5) is 26.3 Å². The van der Waals surface area contributed by atoms with Crippen molar-refractivity contribution in [1.29, 1.82) is 5.26 Å². The van der Waals surface area contributed by atoms with Gasteiger partial charge in [0.25, 0.3) is 0 Å². The zero-order valence-corrected chi connectivity index (χ0v) is 23.9. The van der Waals surface area contributed by atoms with Gasteiger partial charge in [0.15, 0.2) is 0 Å². The molecule has 45 heavy (non-hydrogen) atoms. The molecule has 0 heterocycles. The fraction of sp³-hybridized carbons (Fsp3) is 0.108. The third kappa shape index (κ3) is 6.94. The number of hydrogen-bond acceptors (Lipinski definition) is 2. The monoisotopic (exact) mass is 613 g/mol. The molecule has 0 atom stereocenters. The second kappa shape index (κ2) is 13.1. The molecule has 0 radical (unpaired) electrons. The first-order valence-corrected chi connectivity index (χ1v) is 14.0. The molecule has 5 aromatic carbocycles. The van der Waals surface area contributed by atoms with Gasteiger partial charge in [-0.1, -0.05) is 60.7 Å². The maximum Gasteiger partial charge on any atom is 0.429 e. The Morgan fingerprint density at radius 2 is 1.24 bits per heavy atom. The van der Waals surface area contributed by atoms with Crippen LogP contribution in [0.1, 0.15) is 30.0 Å². The van der Waals surface area contributed by atoms with Crippen molar-refractivity contribution in [3.8, 4) is 45.2 Å². The van der Waals surface area contributed by atoms with Gasteiger partial charge in [-0.2, -0.15) is 14.0 Å². The molecule has 8 heteroatoms. The number of aryl methyl sites for hydroxylation is 1. The molecular weight excluding hydrogens is 588 g/mol. The number of halogens is 6.